The largest absolute Gasteiger partial charge is 0.338 e. The highest BCUT2D eigenvalue weighted by Crippen LogP contribution is 2.17. The summed E-state index contributed by atoms with van der Waals surface area (Å²) in [5.41, 5.74) is 0.409. The molecule has 1 aromatic rings. The molecule has 1 aliphatic rings. The molecule has 2 unspecified atom stereocenters. The van der Waals surface area contributed by atoms with Gasteiger partial charge in [0.2, 0.25) is 5.91 Å². The number of hydrogen-bond donors (Lipinski definition) is 2. The average molecular weight is 321 g/mol. The van der Waals surface area contributed by atoms with E-state index in [0.717, 1.165) is 25.8 Å². The Morgan fingerprint density at radius 3 is 2.78 bits per heavy atom. The fourth-order valence-corrected chi connectivity index (χ4v) is 2.80. The lowest BCUT2D eigenvalue weighted by Crippen LogP contribution is -2.53. The number of nitrogens with zero attached hydrogens (tertiary/aromatic N) is 1. The Hall–Kier alpha value is -2.11. The van der Waals surface area contributed by atoms with Crippen molar-refractivity contribution >= 4 is 11.9 Å². The standard InChI is InChI=1S/C17H24FN3O2/c1-12-7-5-6-10-21(12)16(22)13(2)20-17(23)19-11-14-8-3-4-9-15(14)18/h3-4,8-9,12-13H,5-7,10-11H2,1-2H3,(H2,19,20,23). The van der Waals surface area contributed by atoms with Crippen molar-refractivity contribution in [3.05, 3.63) is 35.6 Å². The van der Waals surface area contributed by atoms with Crippen molar-refractivity contribution in [2.75, 3.05) is 6.54 Å². The number of carbonyl (C=O) groups is 2. The van der Waals surface area contributed by atoms with E-state index >= 15 is 0 Å². The Balaban J connectivity index is 1.82. The van der Waals surface area contributed by atoms with Crippen molar-refractivity contribution < 1.29 is 14.0 Å². The van der Waals surface area contributed by atoms with Crippen molar-refractivity contribution in [2.24, 2.45) is 0 Å². The summed E-state index contributed by atoms with van der Waals surface area (Å²) in [6, 6.07) is 5.40. The molecule has 0 spiro atoms. The molecule has 0 aliphatic carbocycles. The number of halogens is 1. The third-order valence-corrected chi connectivity index (χ3v) is 4.20. The van der Waals surface area contributed by atoms with Crippen LogP contribution < -0.4 is 10.6 Å². The molecule has 5 nitrogen and oxygen atoms in total. The minimum atomic E-state index is -0.601. The lowest BCUT2D eigenvalue weighted by atomic mass is 10.0. The first-order chi connectivity index (χ1) is 11.0. The number of nitrogens with one attached hydrogen (secondary N) is 2. The third kappa shape index (κ3) is 4.68. The van der Waals surface area contributed by atoms with Gasteiger partial charge >= 0.3 is 6.03 Å². The van der Waals surface area contributed by atoms with Crippen molar-refractivity contribution in [2.45, 2.75) is 51.7 Å². The summed E-state index contributed by atoms with van der Waals surface area (Å²) >= 11 is 0. The van der Waals surface area contributed by atoms with E-state index in [-0.39, 0.29) is 24.3 Å². The van der Waals surface area contributed by atoms with Crippen molar-refractivity contribution in [3.63, 3.8) is 0 Å². The monoisotopic (exact) mass is 321 g/mol. The van der Waals surface area contributed by atoms with Crippen LogP contribution in [0.25, 0.3) is 0 Å². The molecule has 1 saturated heterocycles. The van der Waals surface area contributed by atoms with Crippen LogP contribution in [-0.4, -0.2) is 35.5 Å². The highest BCUT2D eigenvalue weighted by atomic mass is 19.1. The minimum Gasteiger partial charge on any atom is -0.338 e. The van der Waals surface area contributed by atoms with Gasteiger partial charge in [-0.3, -0.25) is 4.79 Å². The highest BCUT2D eigenvalue weighted by Gasteiger charge is 2.27. The van der Waals surface area contributed by atoms with Gasteiger partial charge in [0, 0.05) is 24.7 Å². The van der Waals surface area contributed by atoms with Gasteiger partial charge < -0.3 is 15.5 Å². The SMILES string of the molecule is CC(NC(=O)NCc1ccccc1F)C(=O)N1CCCCC1C. The second-order valence-electron chi connectivity index (χ2n) is 6.02. The number of amides is 3. The lowest BCUT2D eigenvalue weighted by molar-refractivity contribution is -0.136. The topological polar surface area (TPSA) is 61.4 Å². The van der Waals surface area contributed by atoms with Crippen LogP contribution in [0.3, 0.4) is 0 Å². The number of piperidine rings is 1. The number of rotatable bonds is 4. The van der Waals surface area contributed by atoms with Crippen LogP contribution in [0.1, 0.15) is 38.7 Å². The second-order valence-corrected chi connectivity index (χ2v) is 6.02. The van der Waals surface area contributed by atoms with E-state index < -0.39 is 12.1 Å². The maximum Gasteiger partial charge on any atom is 0.315 e. The first-order valence-electron chi connectivity index (χ1n) is 8.07. The van der Waals surface area contributed by atoms with E-state index in [4.69, 9.17) is 0 Å². The molecule has 0 aromatic heterocycles. The lowest BCUT2D eigenvalue weighted by Gasteiger charge is -2.35. The summed E-state index contributed by atoms with van der Waals surface area (Å²) in [7, 11) is 0. The summed E-state index contributed by atoms with van der Waals surface area (Å²) < 4.78 is 13.5. The van der Waals surface area contributed by atoms with Gasteiger partial charge in [0.15, 0.2) is 0 Å². The number of urea groups is 1. The Bertz CT molecular complexity index is 565. The van der Waals surface area contributed by atoms with E-state index in [2.05, 4.69) is 10.6 Å². The number of likely N-dealkylation sites (tertiary alicyclic amines) is 1. The second kappa shape index (κ2) is 7.94. The van der Waals surface area contributed by atoms with Gasteiger partial charge in [0.25, 0.3) is 0 Å². The first kappa shape index (κ1) is 17.2. The highest BCUT2D eigenvalue weighted by molar-refractivity contribution is 5.87. The van der Waals surface area contributed by atoms with Crippen LogP contribution in [0.15, 0.2) is 24.3 Å². The van der Waals surface area contributed by atoms with E-state index in [0.29, 0.717) is 5.56 Å². The molecule has 126 valence electrons. The Morgan fingerprint density at radius 2 is 2.09 bits per heavy atom. The molecule has 2 atom stereocenters. The van der Waals surface area contributed by atoms with Crippen molar-refractivity contribution in [1.29, 1.82) is 0 Å². The molecule has 1 heterocycles. The predicted octanol–water partition coefficient (Wildman–Crippen LogP) is 2.41. The molecule has 0 saturated carbocycles. The van der Waals surface area contributed by atoms with Crippen LogP contribution in [0.5, 0.6) is 0 Å². The van der Waals surface area contributed by atoms with Crippen LogP contribution in [-0.2, 0) is 11.3 Å². The van der Waals surface area contributed by atoms with Crippen LogP contribution in [0, 0.1) is 5.82 Å². The first-order valence-corrected chi connectivity index (χ1v) is 8.07. The van der Waals surface area contributed by atoms with Gasteiger partial charge in [0.1, 0.15) is 11.9 Å². The van der Waals surface area contributed by atoms with Crippen LogP contribution in [0.2, 0.25) is 0 Å². The van der Waals surface area contributed by atoms with Gasteiger partial charge in [0.05, 0.1) is 0 Å². The third-order valence-electron chi connectivity index (χ3n) is 4.20. The maximum atomic E-state index is 13.5. The minimum absolute atomic E-state index is 0.0711. The number of carbonyl (C=O) groups excluding carboxylic acids is 2. The predicted molar refractivity (Wildman–Crippen MR) is 86.3 cm³/mol. The van der Waals surface area contributed by atoms with E-state index in [9.17, 15) is 14.0 Å². The summed E-state index contributed by atoms with van der Waals surface area (Å²) in [6.07, 6.45) is 3.14. The Morgan fingerprint density at radius 1 is 1.35 bits per heavy atom. The quantitative estimate of drug-likeness (QED) is 0.894. The Kier molecular flexibility index (Phi) is 5.96. The smallest absolute Gasteiger partial charge is 0.315 e. The molecule has 0 bridgehead atoms. The van der Waals surface area contributed by atoms with Gasteiger partial charge in [-0.1, -0.05) is 18.2 Å². The molecular weight excluding hydrogens is 297 g/mol. The molecule has 3 amide bonds. The molecule has 0 radical (unpaired) electrons. The van der Waals surface area contributed by atoms with E-state index in [1.54, 1.807) is 25.1 Å². The molecule has 23 heavy (non-hydrogen) atoms. The zero-order valence-corrected chi connectivity index (χ0v) is 13.6. The summed E-state index contributed by atoms with van der Waals surface area (Å²) in [5, 5.41) is 5.20. The van der Waals surface area contributed by atoms with Gasteiger partial charge in [-0.15, -0.1) is 0 Å². The Labute approximate surface area is 136 Å². The van der Waals surface area contributed by atoms with Crippen LogP contribution in [0.4, 0.5) is 9.18 Å². The zero-order valence-electron chi connectivity index (χ0n) is 13.6. The molecule has 6 heteroatoms. The molecule has 1 fully saturated rings. The van der Waals surface area contributed by atoms with Crippen molar-refractivity contribution in [3.8, 4) is 0 Å². The van der Waals surface area contributed by atoms with Gasteiger partial charge in [-0.2, -0.15) is 0 Å². The normalized spacial score (nSPS) is 19.1. The summed E-state index contributed by atoms with van der Waals surface area (Å²) in [5.74, 6) is -0.433. The van der Waals surface area contributed by atoms with Gasteiger partial charge in [-0.25, -0.2) is 9.18 Å². The molecule has 2 N–H and O–H groups in total. The average Bonchev–Trinajstić information content (AvgIpc) is 2.54. The fraction of sp³-hybridized carbons (Fsp3) is 0.529. The van der Waals surface area contributed by atoms with E-state index in [1.807, 2.05) is 11.8 Å². The maximum absolute atomic E-state index is 13.5. The fourth-order valence-electron chi connectivity index (χ4n) is 2.80. The van der Waals surface area contributed by atoms with E-state index in [1.165, 1.54) is 6.07 Å². The van der Waals surface area contributed by atoms with Crippen molar-refractivity contribution in [1.82, 2.24) is 15.5 Å². The molecule has 1 aliphatic heterocycles. The molecule has 2 rings (SSSR count). The van der Waals surface area contributed by atoms with Crippen LogP contribution >= 0.6 is 0 Å². The summed E-state index contributed by atoms with van der Waals surface area (Å²) in [6.45, 7) is 4.52. The summed E-state index contributed by atoms with van der Waals surface area (Å²) in [4.78, 5) is 26.1. The zero-order chi connectivity index (χ0) is 16.8. The number of benzene rings is 1. The number of hydrogen-bond acceptors (Lipinski definition) is 2. The molecular formula is C17H24FN3O2. The van der Waals surface area contributed by atoms with Gasteiger partial charge in [-0.05, 0) is 39.2 Å². The molecule has 1 aromatic carbocycles.